The fourth-order valence-corrected chi connectivity index (χ4v) is 13.7. The third-order valence-corrected chi connectivity index (χ3v) is 20.0. The van der Waals surface area contributed by atoms with Crippen molar-refractivity contribution < 1.29 is 19.7 Å². The molecule has 0 aliphatic rings. The van der Waals surface area contributed by atoms with Gasteiger partial charge in [-0.2, -0.15) is 0 Å². The van der Waals surface area contributed by atoms with Crippen LogP contribution in [0.2, 0.25) is 0 Å². The van der Waals surface area contributed by atoms with Crippen molar-refractivity contribution in [3.63, 3.8) is 0 Å². The molecule has 0 aromatic carbocycles. The van der Waals surface area contributed by atoms with Crippen molar-refractivity contribution in [2.45, 2.75) is 477 Å². The molecule has 0 heterocycles. The van der Waals surface area contributed by atoms with Gasteiger partial charge in [0.2, 0.25) is 0 Å². The van der Waals surface area contributed by atoms with Gasteiger partial charge in [0.25, 0.3) is 0 Å². The van der Waals surface area contributed by atoms with Crippen LogP contribution in [0.3, 0.4) is 0 Å². The molecule has 0 saturated carbocycles. The van der Waals surface area contributed by atoms with Gasteiger partial charge in [-0.15, -0.1) is 0 Å². The molecule has 0 spiro atoms. The minimum Gasteiger partial charge on any atom is -0.469 e. The summed E-state index contributed by atoms with van der Waals surface area (Å²) in [7, 11) is 1.48. The van der Waals surface area contributed by atoms with E-state index in [1.165, 1.54) is 399 Å². The molecule has 0 saturated heterocycles. The first-order chi connectivity index (χ1) is 41.9. The largest absolute Gasteiger partial charge is 0.469 e. The molecular formula is C81H160O4. The third-order valence-electron chi connectivity index (χ3n) is 20.0. The summed E-state index contributed by atoms with van der Waals surface area (Å²) in [5.41, 5.74) is 0. The smallest absolute Gasteiger partial charge is 0.311 e. The second-order valence-corrected chi connectivity index (χ2v) is 28.6. The van der Waals surface area contributed by atoms with E-state index in [1.54, 1.807) is 0 Å². The molecule has 0 amide bonds. The van der Waals surface area contributed by atoms with Gasteiger partial charge in [0.05, 0.1) is 25.2 Å². The number of allylic oxidation sites excluding steroid dienone is 2. The Bertz CT molecular complexity index is 1260. The van der Waals surface area contributed by atoms with Crippen LogP contribution in [-0.2, 0) is 9.53 Å². The predicted octanol–water partition coefficient (Wildman–Crippen LogP) is 27.9. The van der Waals surface area contributed by atoms with Crippen LogP contribution >= 0.6 is 0 Å². The van der Waals surface area contributed by atoms with Crippen LogP contribution in [0, 0.1) is 17.8 Å². The van der Waals surface area contributed by atoms with Crippen molar-refractivity contribution >= 4 is 5.97 Å². The minimum absolute atomic E-state index is 0.0862. The quantitative estimate of drug-likeness (QED) is 0.0362. The maximum absolute atomic E-state index is 12.5. The summed E-state index contributed by atoms with van der Waals surface area (Å²) in [6.07, 6.45) is 96.1. The Morgan fingerprint density at radius 2 is 0.518 bits per heavy atom. The van der Waals surface area contributed by atoms with Gasteiger partial charge in [-0.25, -0.2) is 0 Å². The predicted molar refractivity (Wildman–Crippen MR) is 380 cm³/mol. The topological polar surface area (TPSA) is 66.8 Å². The summed E-state index contributed by atoms with van der Waals surface area (Å²) in [6.45, 7) is 9.31. The summed E-state index contributed by atoms with van der Waals surface area (Å²) in [4.78, 5) is 12.5. The maximum Gasteiger partial charge on any atom is 0.311 e. The van der Waals surface area contributed by atoms with Gasteiger partial charge < -0.3 is 14.9 Å². The molecule has 0 aromatic heterocycles. The van der Waals surface area contributed by atoms with Gasteiger partial charge in [0.15, 0.2) is 0 Å². The lowest BCUT2D eigenvalue weighted by Gasteiger charge is -2.20. The van der Waals surface area contributed by atoms with E-state index in [9.17, 15) is 15.0 Å². The summed E-state index contributed by atoms with van der Waals surface area (Å²) in [6, 6.07) is 0. The molecule has 0 fully saturated rings. The summed E-state index contributed by atoms with van der Waals surface area (Å²) >= 11 is 0. The van der Waals surface area contributed by atoms with E-state index < -0.39 is 6.10 Å². The molecule has 5 atom stereocenters. The number of aliphatic hydroxyl groups excluding tert-OH is 2. The normalized spacial score (nSPS) is 13.7. The molecule has 4 nitrogen and oxygen atoms in total. The van der Waals surface area contributed by atoms with Gasteiger partial charge >= 0.3 is 5.97 Å². The van der Waals surface area contributed by atoms with Crippen LogP contribution in [0.4, 0.5) is 0 Å². The molecule has 5 unspecified atom stereocenters. The number of hydrogen-bond acceptors (Lipinski definition) is 4. The number of carbonyl (C=O) groups excluding carboxylic acids is 1. The number of hydrogen-bond donors (Lipinski definition) is 2. The number of unbranched alkanes of at least 4 members (excludes halogenated alkanes) is 59. The van der Waals surface area contributed by atoms with Gasteiger partial charge in [-0.3, -0.25) is 4.79 Å². The highest BCUT2D eigenvalue weighted by atomic mass is 16.5. The monoisotopic (exact) mass is 1200 g/mol. The third kappa shape index (κ3) is 65.9. The Kier molecular flexibility index (Phi) is 71.5. The highest BCUT2D eigenvalue weighted by molar-refractivity contribution is 5.72. The number of esters is 1. The molecule has 85 heavy (non-hydrogen) atoms. The van der Waals surface area contributed by atoms with E-state index in [0.717, 1.165) is 50.9 Å². The molecule has 0 radical (unpaired) electrons. The Morgan fingerprint density at radius 1 is 0.294 bits per heavy atom. The fourth-order valence-electron chi connectivity index (χ4n) is 13.7. The zero-order valence-corrected chi connectivity index (χ0v) is 59.3. The number of ether oxygens (including phenoxy) is 1. The van der Waals surface area contributed by atoms with Crippen LogP contribution in [0.15, 0.2) is 12.2 Å². The van der Waals surface area contributed by atoms with Crippen molar-refractivity contribution in [1.82, 2.24) is 0 Å². The highest BCUT2D eigenvalue weighted by Crippen LogP contribution is 2.25. The van der Waals surface area contributed by atoms with Crippen LogP contribution in [-0.4, -0.2) is 35.5 Å². The molecule has 4 heteroatoms. The molecule has 0 bridgehead atoms. The second-order valence-electron chi connectivity index (χ2n) is 28.6. The summed E-state index contributed by atoms with van der Waals surface area (Å²) in [5, 5.41) is 21.7. The van der Waals surface area contributed by atoms with Crippen molar-refractivity contribution in [2.75, 3.05) is 7.11 Å². The maximum atomic E-state index is 12.5. The average Bonchev–Trinajstić information content (AvgIpc) is 3.51. The van der Waals surface area contributed by atoms with Gasteiger partial charge in [0.1, 0.15) is 0 Å². The first-order valence-corrected chi connectivity index (χ1v) is 40.0. The Hall–Kier alpha value is -0.870. The average molecular weight is 1200 g/mol. The van der Waals surface area contributed by atoms with E-state index in [1.807, 2.05) is 0 Å². The molecule has 508 valence electrons. The van der Waals surface area contributed by atoms with Gasteiger partial charge in [0, 0.05) is 0 Å². The SMILES string of the molecule is CCCCCCCCCCCCCCCCCCCCCCC(C(=O)OC)C(O)CCCCCCCCCCCCCCCCCC(C)/C=C/CCCCCCCCCCCCCC(O)C(C)CCCCCCCCCCCCCCCCCC. The number of aliphatic hydroxyl groups is 2. The van der Waals surface area contributed by atoms with E-state index in [4.69, 9.17) is 4.74 Å². The molecule has 0 aromatic rings. The number of methoxy groups -OCH3 is 1. The first kappa shape index (κ1) is 84.1. The number of rotatable bonds is 74. The van der Waals surface area contributed by atoms with E-state index in [-0.39, 0.29) is 18.0 Å². The molecular weight excluding hydrogens is 1040 g/mol. The number of carbonyl (C=O) groups is 1. The molecule has 0 aliphatic carbocycles. The van der Waals surface area contributed by atoms with Crippen LogP contribution in [0.1, 0.15) is 464 Å². The van der Waals surface area contributed by atoms with E-state index in [0.29, 0.717) is 5.92 Å². The van der Waals surface area contributed by atoms with Crippen molar-refractivity contribution in [3.8, 4) is 0 Å². The molecule has 2 N–H and O–H groups in total. The lowest BCUT2D eigenvalue weighted by Crippen LogP contribution is -2.29. The lowest BCUT2D eigenvalue weighted by atomic mass is 9.91. The van der Waals surface area contributed by atoms with Gasteiger partial charge in [-0.1, -0.05) is 432 Å². The Labute approximate surface area is 536 Å². The summed E-state index contributed by atoms with van der Waals surface area (Å²) in [5.74, 6) is 0.638. The van der Waals surface area contributed by atoms with Crippen molar-refractivity contribution in [1.29, 1.82) is 0 Å². The standard InChI is InChI=1S/C81H160O4/c1-6-8-10-12-14-16-18-20-22-24-25-26-27-31-37-43-49-55-61-67-73-78(81(84)85-5)80(83)75-69-63-57-51-45-38-32-28-29-34-40-46-52-58-64-70-76(3)71-65-59-53-47-41-35-33-39-44-50-56-62-68-74-79(82)77(4)72-66-60-54-48-42-36-30-23-21-19-17-15-13-11-9-7-2/h65,71,76-80,82-83H,6-64,66-70,72-75H2,1-5H3/b71-65+. The second kappa shape index (κ2) is 72.2. The van der Waals surface area contributed by atoms with Crippen molar-refractivity contribution in [3.05, 3.63) is 12.2 Å². The zero-order chi connectivity index (χ0) is 61.7. The lowest BCUT2D eigenvalue weighted by molar-refractivity contribution is -0.150. The molecule has 0 aliphatic heterocycles. The highest BCUT2D eigenvalue weighted by Gasteiger charge is 2.27. The zero-order valence-electron chi connectivity index (χ0n) is 59.3. The van der Waals surface area contributed by atoms with Crippen LogP contribution in [0.5, 0.6) is 0 Å². The Balaban J connectivity index is 3.49. The van der Waals surface area contributed by atoms with Crippen LogP contribution in [0.25, 0.3) is 0 Å². The fraction of sp³-hybridized carbons (Fsp3) is 0.963. The summed E-state index contributed by atoms with van der Waals surface area (Å²) < 4.78 is 5.12. The minimum atomic E-state index is -0.559. The van der Waals surface area contributed by atoms with E-state index >= 15 is 0 Å². The van der Waals surface area contributed by atoms with Crippen LogP contribution < -0.4 is 0 Å². The van der Waals surface area contributed by atoms with Crippen molar-refractivity contribution in [2.24, 2.45) is 17.8 Å². The van der Waals surface area contributed by atoms with E-state index in [2.05, 4.69) is 39.8 Å². The first-order valence-electron chi connectivity index (χ1n) is 40.0. The molecule has 0 rings (SSSR count). The van der Waals surface area contributed by atoms with Gasteiger partial charge in [-0.05, 0) is 56.8 Å². The Morgan fingerprint density at radius 3 is 0.800 bits per heavy atom.